The molecule has 20 heavy (non-hydrogen) atoms. The Balaban J connectivity index is 5.12. The van der Waals surface area contributed by atoms with Gasteiger partial charge >= 0.3 is 11.9 Å². The molecule has 118 valence electrons. The highest BCUT2D eigenvalue weighted by Gasteiger charge is 2.38. The van der Waals surface area contributed by atoms with Crippen LogP contribution in [0.3, 0.4) is 0 Å². The van der Waals surface area contributed by atoms with Crippen molar-refractivity contribution in [2.45, 2.75) is 44.0 Å². The summed E-state index contributed by atoms with van der Waals surface area (Å²) in [4.78, 5) is 22.6. The summed E-state index contributed by atoms with van der Waals surface area (Å²) in [5.74, 6) is -1.53. The van der Waals surface area contributed by atoms with E-state index in [0.717, 1.165) is 14.2 Å². The van der Waals surface area contributed by atoms with Crippen molar-refractivity contribution in [3.63, 3.8) is 0 Å². The predicted molar refractivity (Wildman–Crippen MR) is 71.8 cm³/mol. The minimum atomic E-state index is -3.38. The van der Waals surface area contributed by atoms with Crippen molar-refractivity contribution in [1.29, 1.82) is 0 Å². The number of aliphatic hydroxyl groups is 1. The Kier molecular flexibility index (Phi) is 7.15. The minimum Gasteiger partial charge on any atom is -0.469 e. The van der Waals surface area contributed by atoms with E-state index in [1.807, 2.05) is 0 Å². The van der Waals surface area contributed by atoms with Crippen LogP contribution in [0.1, 0.15) is 33.1 Å². The van der Waals surface area contributed by atoms with Crippen LogP contribution in [0.25, 0.3) is 0 Å². The third-order valence-electron chi connectivity index (χ3n) is 3.08. The van der Waals surface area contributed by atoms with Gasteiger partial charge in [0.15, 0.2) is 9.84 Å². The second kappa shape index (κ2) is 7.58. The molecule has 0 aromatic heterocycles. The largest absolute Gasteiger partial charge is 0.469 e. The summed E-state index contributed by atoms with van der Waals surface area (Å²) in [5.41, 5.74) is -1.80. The molecule has 0 aliphatic rings. The van der Waals surface area contributed by atoms with Crippen LogP contribution in [-0.2, 0) is 28.9 Å². The van der Waals surface area contributed by atoms with E-state index < -0.39 is 45.5 Å². The topological polar surface area (TPSA) is 107 Å². The molecule has 0 saturated heterocycles. The van der Waals surface area contributed by atoms with Gasteiger partial charge in [-0.05, 0) is 13.3 Å². The zero-order chi connectivity index (χ0) is 16.0. The Labute approximate surface area is 119 Å². The van der Waals surface area contributed by atoms with E-state index in [1.165, 1.54) is 13.8 Å². The number of methoxy groups -OCH3 is 2. The Bertz CT molecular complexity index is 423. The maximum Gasteiger partial charge on any atom is 0.308 e. The molecular weight excluding hydrogens is 288 g/mol. The Morgan fingerprint density at radius 1 is 1.15 bits per heavy atom. The molecule has 0 amide bonds. The van der Waals surface area contributed by atoms with Crippen molar-refractivity contribution in [3.8, 4) is 0 Å². The zero-order valence-corrected chi connectivity index (χ0v) is 13.0. The highest BCUT2D eigenvalue weighted by Crippen LogP contribution is 2.26. The number of esters is 2. The predicted octanol–water partition coefficient (Wildman–Crippen LogP) is 0.0570. The molecule has 0 rings (SSSR count). The van der Waals surface area contributed by atoms with Gasteiger partial charge in [-0.1, -0.05) is 6.92 Å². The van der Waals surface area contributed by atoms with Gasteiger partial charge in [0.05, 0.1) is 37.9 Å². The molecule has 0 aliphatic heterocycles. The smallest absolute Gasteiger partial charge is 0.308 e. The lowest BCUT2D eigenvalue weighted by atomic mass is 9.90. The summed E-state index contributed by atoms with van der Waals surface area (Å²) in [7, 11) is -1.09. The number of carbonyl (C=O) groups excluding carboxylic acids is 2. The van der Waals surface area contributed by atoms with Crippen LogP contribution < -0.4 is 0 Å². The molecule has 0 radical (unpaired) electrons. The molecule has 1 unspecified atom stereocenters. The van der Waals surface area contributed by atoms with Gasteiger partial charge in [0.1, 0.15) is 0 Å². The molecule has 0 aromatic carbocycles. The highest BCUT2D eigenvalue weighted by atomic mass is 32.2. The van der Waals surface area contributed by atoms with Gasteiger partial charge in [-0.15, -0.1) is 0 Å². The van der Waals surface area contributed by atoms with Crippen LogP contribution in [0, 0.1) is 0 Å². The summed E-state index contributed by atoms with van der Waals surface area (Å²) in [6.07, 6.45) is -1.18. The minimum absolute atomic E-state index is 0.0826. The first kappa shape index (κ1) is 18.9. The molecule has 0 spiro atoms. The third-order valence-corrected chi connectivity index (χ3v) is 5.28. The van der Waals surface area contributed by atoms with Crippen molar-refractivity contribution >= 4 is 21.8 Å². The molecule has 7 nitrogen and oxygen atoms in total. The van der Waals surface area contributed by atoms with Gasteiger partial charge < -0.3 is 14.6 Å². The lowest BCUT2D eigenvalue weighted by molar-refractivity contribution is -0.152. The fraction of sp³-hybridized carbons (Fsp3) is 0.833. The van der Waals surface area contributed by atoms with Crippen LogP contribution in [0.15, 0.2) is 0 Å². The van der Waals surface area contributed by atoms with E-state index >= 15 is 0 Å². The molecule has 0 bridgehead atoms. The summed E-state index contributed by atoms with van der Waals surface area (Å²) in [5, 5.41) is 9.49. The number of ether oxygens (including phenoxy) is 2. The van der Waals surface area contributed by atoms with Crippen LogP contribution in [-0.4, -0.2) is 56.3 Å². The van der Waals surface area contributed by atoms with Crippen LogP contribution in [0.2, 0.25) is 0 Å². The van der Waals surface area contributed by atoms with E-state index in [2.05, 4.69) is 9.47 Å². The number of hydrogen-bond donors (Lipinski definition) is 1. The lowest BCUT2D eigenvalue weighted by Crippen LogP contribution is -2.40. The van der Waals surface area contributed by atoms with E-state index in [4.69, 9.17) is 0 Å². The lowest BCUT2D eigenvalue weighted by Gasteiger charge is -2.28. The molecular formula is C12H22O7S. The van der Waals surface area contributed by atoms with Crippen molar-refractivity contribution < 1.29 is 32.6 Å². The third kappa shape index (κ3) is 5.87. The van der Waals surface area contributed by atoms with Crippen molar-refractivity contribution in [3.05, 3.63) is 0 Å². The van der Waals surface area contributed by atoms with Gasteiger partial charge in [-0.3, -0.25) is 9.59 Å². The molecule has 0 fully saturated rings. The van der Waals surface area contributed by atoms with Crippen molar-refractivity contribution in [2.24, 2.45) is 0 Å². The van der Waals surface area contributed by atoms with Crippen LogP contribution in [0.4, 0.5) is 0 Å². The first-order valence-electron chi connectivity index (χ1n) is 6.17. The molecule has 1 atom stereocenters. The quantitative estimate of drug-likeness (QED) is 0.631. The summed E-state index contributed by atoms with van der Waals surface area (Å²) >= 11 is 0. The van der Waals surface area contributed by atoms with E-state index in [9.17, 15) is 23.1 Å². The average molecular weight is 310 g/mol. The van der Waals surface area contributed by atoms with Crippen molar-refractivity contribution in [2.75, 3.05) is 20.0 Å². The first-order chi connectivity index (χ1) is 9.10. The molecule has 1 N–H and O–H groups in total. The molecule has 0 aliphatic carbocycles. The number of carbonyl (C=O) groups is 2. The van der Waals surface area contributed by atoms with E-state index in [1.54, 1.807) is 0 Å². The molecule has 0 aromatic rings. The second-order valence-corrected chi connectivity index (χ2v) is 7.40. The standard InChI is InChI=1S/C12H22O7S/c1-5-20(16,17)9(2)6-12(15,7-10(13)18-3)8-11(14)19-4/h9,15H,5-8H2,1-4H3. The van der Waals surface area contributed by atoms with Gasteiger partial charge in [0.2, 0.25) is 0 Å². The van der Waals surface area contributed by atoms with Crippen LogP contribution >= 0.6 is 0 Å². The Morgan fingerprint density at radius 2 is 1.55 bits per heavy atom. The number of rotatable bonds is 8. The summed E-state index contributed by atoms with van der Waals surface area (Å²) < 4.78 is 32.4. The van der Waals surface area contributed by atoms with Gasteiger partial charge in [-0.2, -0.15) is 0 Å². The normalized spacial score (nSPS) is 13.7. The fourth-order valence-corrected chi connectivity index (χ4v) is 2.97. The van der Waals surface area contributed by atoms with Crippen LogP contribution in [0.5, 0.6) is 0 Å². The monoisotopic (exact) mass is 310 g/mol. The second-order valence-electron chi connectivity index (χ2n) is 4.70. The van der Waals surface area contributed by atoms with Gasteiger partial charge in [-0.25, -0.2) is 8.42 Å². The zero-order valence-electron chi connectivity index (χ0n) is 12.2. The van der Waals surface area contributed by atoms with Gasteiger partial charge in [0.25, 0.3) is 0 Å². The van der Waals surface area contributed by atoms with E-state index in [0.29, 0.717) is 0 Å². The average Bonchev–Trinajstić information content (AvgIpc) is 2.37. The van der Waals surface area contributed by atoms with Crippen molar-refractivity contribution in [1.82, 2.24) is 0 Å². The summed E-state index contributed by atoms with van der Waals surface area (Å²) in [6, 6.07) is 0. The molecule has 0 heterocycles. The maximum absolute atomic E-state index is 11.7. The molecule has 8 heteroatoms. The van der Waals surface area contributed by atoms with Gasteiger partial charge in [0, 0.05) is 5.75 Å². The first-order valence-corrected chi connectivity index (χ1v) is 7.89. The SMILES string of the molecule is CCS(=O)(=O)C(C)CC(O)(CC(=O)OC)CC(=O)OC. The number of hydrogen-bond acceptors (Lipinski definition) is 7. The highest BCUT2D eigenvalue weighted by molar-refractivity contribution is 7.91. The molecule has 0 saturated carbocycles. The maximum atomic E-state index is 11.7. The Hall–Kier alpha value is -1.15. The van der Waals surface area contributed by atoms with E-state index in [-0.39, 0.29) is 12.2 Å². The fourth-order valence-electron chi connectivity index (χ4n) is 1.84. The number of sulfone groups is 1. The summed E-state index contributed by atoms with van der Waals surface area (Å²) in [6.45, 7) is 2.92. The Morgan fingerprint density at radius 3 is 1.85 bits per heavy atom.